The van der Waals surface area contributed by atoms with Crippen molar-refractivity contribution < 1.29 is 5.11 Å². The summed E-state index contributed by atoms with van der Waals surface area (Å²) in [5, 5.41) is 13.2. The van der Waals surface area contributed by atoms with Gasteiger partial charge in [-0.15, -0.1) is 0 Å². The van der Waals surface area contributed by atoms with E-state index in [0.29, 0.717) is 12.0 Å². The zero-order valence-corrected chi connectivity index (χ0v) is 7.72. The van der Waals surface area contributed by atoms with E-state index in [1.54, 1.807) is 0 Å². The number of hydrogen-bond acceptors (Lipinski definition) is 2. The SMILES string of the molecule is CC(C)C1CC(C)(O)CCN1. The van der Waals surface area contributed by atoms with E-state index >= 15 is 0 Å². The molecule has 2 heteroatoms. The first-order valence-corrected chi connectivity index (χ1v) is 4.47. The normalized spacial score (nSPS) is 39.5. The van der Waals surface area contributed by atoms with E-state index in [-0.39, 0.29) is 0 Å². The Kier molecular flexibility index (Phi) is 2.55. The molecule has 0 saturated carbocycles. The van der Waals surface area contributed by atoms with Crippen LogP contribution in [0.2, 0.25) is 0 Å². The van der Waals surface area contributed by atoms with Gasteiger partial charge in [0.15, 0.2) is 0 Å². The van der Waals surface area contributed by atoms with Gasteiger partial charge in [-0.3, -0.25) is 0 Å². The summed E-state index contributed by atoms with van der Waals surface area (Å²) < 4.78 is 0. The van der Waals surface area contributed by atoms with E-state index in [4.69, 9.17) is 0 Å². The van der Waals surface area contributed by atoms with Gasteiger partial charge in [-0.2, -0.15) is 0 Å². The van der Waals surface area contributed by atoms with Crippen molar-refractivity contribution in [2.45, 2.75) is 45.3 Å². The summed E-state index contributed by atoms with van der Waals surface area (Å²) in [6.45, 7) is 7.28. The fourth-order valence-corrected chi connectivity index (χ4v) is 1.65. The molecule has 2 unspecified atom stereocenters. The van der Waals surface area contributed by atoms with Gasteiger partial charge in [-0.25, -0.2) is 0 Å². The predicted molar refractivity (Wildman–Crippen MR) is 46.5 cm³/mol. The van der Waals surface area contributed by atoms with Crippen molar-refractivity contribution in [3.63, 3.8) is 0 Å². The molecule has 0 amide bonds. The molecule has 2 N–H and O–H groups in total. The monoisotopic (exact) mass is 157 g/mol. The van der Waals surface area contributed by atoms with Crippen LogP contribution in [0.15, 0.2) is 0 Å². The lowest BCUT2D eigenvalue weighted by Gasteiger charge is -2.36. The molecule has 2 nitrogen and oxygen atoms in total. The summed E-state index contributed by atoms with van der Waals surface area (Å²) in [5.41, 5.74) is -0.430. The Morgan fingerprint density at radius 2 is 2.18 bits per heavy atom. The Balaban J connectivity index is 2.46. The highest BCUT2D eigenvalue weighted by Crippen LogP contribution is 2.23. The van der Waals surface area contributed by atoms with Gasteiger partial charge >= 0.3 is 0 Å². The molecular weight excluding hydrogens is 138 g/mol. The first-order chi connectivity index (χ1) is 5.01. The van der Waals surface area contributed by atoms with Gasteiger partial charge in [-0.1, -0.05) is 13.8 Å². The summed E-state index contributed by atoms with van der Waals surface area (Å²) in [6, 6.07) is 0.499. The molecule has 0 bridgehead atoms. The maximum absolute atomic E-state index is 9.75. The Bertz CT molecular complexity index is 132. The molecule has 2 atom stereocenters. The number of rotatable bonds is 1. The average molecular weight is 157 g/mol. The summed E-state index contributed by atoms with van der Waals surface area (Å²) in [5.74, 6) is 0.627. The van der Waals surface area contributed by atoms with E-state index in [0.717, 1.165) is 19.4 Å². The third-order valence-electron chi connectivity index (χ3n) is 2.53. The molecule has 11 heavy (non-hydrogen) atoms. The third kappa shape index (κ3) is 2.46. The summed E-state index contributed by atoms with van der Waals surface area (Å²) in [7, 11) is 0. The Morgan fingerprint density at radius 1 is 1.55 bits per heavy atom. The van der Waals surface area contributed by atoms with Crippen molar-refractivity contribution in [3.05, 3.63) is 0 Å². The maximum Gasteiger partial charge on any atom is 0.0646 e. The van der Waals surface area contributed by atoms with E-state index in [2.05, 4.69) is 19.2 Å². The molecule has 0 aromatic rings. The molecule has 1 rings (SSSR count). The predicted octanol–water partition coefficient (Wildman–Crippen LogP) is 1.15. The van der Waals surface area contributed by atoms with Gasteiger partial charge < -0.3 is 10.4 Å². The maximum atomic E-state index is 9.75. The van der Waals surface area contributed by atoms with Gasteiger partial charge in [0.05, 0.1) is 5.60 Å². The van der Waals surface area contributed by atoms with Crippen LogP contribution in [0.3, 0.4) is 0 Å². The quantitative estimate of drug-likeness (QED) is 0.598. The smallest absolute Gasteiger partial charge is 0.0646 e. The molecule has 1 saturated heterocycles. The summed E-state index contributed by atoms with van der Waals surface area (Å²) in [6.07, 6.45) is 1.78. The van der Waals surface area contributed by atoms with E-state index < -0.39 is 5.60 Å². The van der Waals surface area contributed by atoms with Gasteiger partial charge in [0.2, 0.25) is 0 Å². The fourth-order valence-electron chi connectivity index (χ4n) is 1.65. The van der Waals surface area contributed by atoms with Crippen molar-refractivity contribution in [1.29, 1.82) is 0 Å². The lowest BCUT2D eigenvalue weighted by molar-refractivity contribution is 0.00653. The molecule has 1 aliphatic rings. The zero-order chi connectivity index (χ0) is 8.48. The Morgan fingerprint density at radius 3 is 2.55 bits per heavy atom. The standard InChI is InChI=1S/C9H19NO/c1-7(2)8-6-9(3,11)4-5-10-8/h7-8,10-11H,4-6H2,1-3H3. The fraction of sp³-hybridized carbons (Fsp3) is 1.00. The van der Waals surface area contributed by atoms with E-state index in [1.807, 2.05) is 6.92 Å². The van der Waals surface area contributed by atoms with Crippen LogP contribution >= 0.6 is 0 Å². The van der Waals surface area contributed by atoms with Gasteiger partial charge in [0.1, 0.15) is 0 Å². The van der Waals surface area contributed by atoms with Crippen LogP contribution in [0.1, 0.15) is 33.6 Å². The molecule has 0 aliphatic carbocycles. The minimum absolute atomic E-state index is 0.430. The molecule has 0 aromatic carbocycles. The zero-order valence-electron chi connectivity index (χ0n) is 7.72. The number of hydrogen-bond donors (Lipinski definition) is 2. The van der Waals surface area contributed by atoms with Crippen LogP contribution in [0.4, 0.5) is 0 Å². The highest BCUT2D eigenvalue weighted by atomic mass is 16.3. The first-order valence-electron chi connectivity index (χ1n) is 4.47. The van der Waals surface area contributed by atoms with Crippen LogP contribution in [-0.4, -0.2) is 23.3 Å². The topological polar surface area (TPSA) is 32.3 Å². The molecule has 0 radical (unpaired) electrons. The Labute approximate surface area is 69.0 Å². The van der Waals surface area contributed by atoms with Gasteiger partial charge in [-0.05, 0) is 32.2 Å². The van der Waals surface area contributed by atoms with Crippen molar-refractivity contribution in [2.24, 2.45) is 5.92 Å². The lowest BCUT2D eigenvalue weighted by Crippen LogP contribution is -2.48. The molecule has 1 aliphatic heterocycles. The third-order valence-corrected chi connectivity index (χ3v) is 2.53. The summed E-state index contributed by atoms with van der Waals surface area (Å²) in [4.78, 5) is 0. The van der Waals surface area contributed by atoms with Crippen molar-refractivity contribution in [3.8, 4) is 0 Å². The minimum atomic E-state index is -0.430. The van der Waals surface area contributed by atoms with E-state index in [1.165, 1.54) is 0 Å². The van der Waals surface area contributed by atoms with E-state index in [9.17, 15) is 5.11 Å². The number of piperidine rings is 1. The minimum Gasteiger partial charge on any atom is -0.390 e. The number of aliphatic hydroxyl groups is 1. The molecule has 0 spiro atoms. The second kappa shape index (κ2) is 3.11. The summed E-state index contributed by atoms with van der Waals surface area (Å²) >= 11 is 0. The van der Waals surface area contributed by atoms with Crippen LogP contribution in [0.5, 0.6) is 0 Å². The largest absolute Gasteiger partial charge is 0.390 e. The lowest BCUT2D eigenvalue weighted by atomic mass is 9.85. The molecule has 1 heterocycles. The van der Waals surface area contributed by atoms with Crippen molar-refractivity contribution >= 4 is 0 Å². The van der Waals surface area contributed by atoms with Gasteiger partial charge in [0.25, 0.3) is 0 Å². The molecule has 66 valence electrons. The highest BCUT2D eigenvalue weighted by molar-refractivity contribution is 4.87. The van der Waals surface area contributed by atoms with Crippen LogP contribution in [0, 0.1) is 5.92 Å². The van der Waals surface area contributed by atoms with Gasteiger partial charge in [0, 0.05) is 6.04 Å². The van der Waals surface area contributed by atoms with Crippen molar-refractivity contribution in [1.82, 2.24) is 5.32 Å². The highest BCUT2D eigenvalue weighted by Gasteiger charge is 2.30. The first kappa shape index (κ1) is 9.01. The second-order valence-electron chi connectivity index (χ2n) is 4.26. The molecule has 1 fully saturated rings. The molecule has 0 aromatic heterocycles. The van der Waals surface area contributed by atoms with Crippen molar-refractivity contribution in [2.75, 3.05) is 6.54 Å². The van der Waals surface area contributed by atoms with Crippen LogP contribution < -0.4 is 5.32 Å². The molecular formula is C9H19NO. The van der Waals surface area contributed by atoms with Crippen LogP contribution in [0.25, 0.3) is 0 Å². The number of nitrogens with one attached hydrogen (secondary N) is 1. The van der Waals surface area contributed by atoms with Crippen LogP contribution in [-0.2, 0) is 0 Å². The second-order valence-corrected chi connectivity index (χ2v) is 4.26. The Hall–Kier alpha value is -0.0800. The average Bonchev–Trinajstić information content (AvgIpc) is 1.85.